The average molecular weight is 237 g/mol. The van der Waals surface area contributed by atoms with Gasteiger partial charge < -0.3 is 15.2 Å². The first kappa shape index (κ1) is 13.7. The van der Waals surface area contributed by atoms with Crippen molar-refractivity contribution in [1.29, 1.82) is 0 Å². The van der Waals surface area contributed by atoms with Crippen molar-refractivity contribution in [1.82, 2.24) is 0 Å². The van der Waals surface area contributed by atoms with Crippen LogP contribution >= 0.6 is 0 Å². The summed E-state index contributed by atoms with van der Waals surface area (Å²) < 4.78 is 5.23. The minimum Gasteiger partial charge on any atom is -0.392 e. The zero-order valence-corrected chi connectivity index (χ0v) is 10.1. The molecule has 0 aliphatic heterocycles. The van der Waals surface area contributed by atoms with Gasteiger partial charge in [0, 0.05) is 12.3 Å². The molecular formula is C13H19NO3. The van der Waals surface area contributed by atoms with E-state index in [2.05, 4.69) is 5.32 Å². The van der Waals surface area contributed by atoms with E-state index < -0.39 is 0 Å². The van der Waals surface area contributed by atoms with Crippen LogP contribution in [0.4, 0.5) is 5.69 Å². The number of amides is 1. The molecule has 4 nitrogen and oxygen atoms in total. The number of carbonyl (C=O) groups excluding carboxylic acids is 1. The van der Waals surface area contributed by atoms with E-state index in [9.17, 15) is 4.79 Å². The molecule has 4 heteroatoms. The smallest absolute Gasteiger partial charge is 0.226 e. The summed E-state index contributed by atoms with van der Waals surface area (Å²) in [5, 5.41) is 11.6. The van der Waals surface area contributed by atoms with Crippen molar-refractivity contribution >= 4 is 11.6 Å². The summed E-state index contributed by atoms with van der Waals surface area (Å²) in [6.45, 7) is 3.19. The van der Waals surface area contributed by atoms with Gasteiger partial charge in [-0.05, 0) is 24.1 Å². The lowest BCUT2D eigenvalue weighted by atomic mass is 10.2. The molecule has 0 heterocycles. The highest BCUT2D eigenvalue weighted by Crippen LogP contribution is 2.09. The van der Waals surface area contributed by atoms with Gasteiger partial charge in [-0.1, -0.05) is 19.1 Å². The van der Waals surface area contributed by atoms with Crippen LogP contribution in [0.25, 0.3) is 0 Å². The number of ether oxygens (including phenoxy) is 1. The Labute approximate surface area is 102 Å². The average Bonchev–Trinajstić information content (AvgIpc) is 2.36. The van der Waals surface area contributed by atoms with Crippen LogP contribution in [0.15, 0.2) is 24.3 Å². The maximum absolute atomic E-state index is 11.5. The molecule has 0 atom stereocenters. The second-order valence-corrected chi connectivity index (χ2v) is 3.77. The molecule has 0 aromatic heterocycles. The molecular weight excluding hydrogens is 218 g/mol. The van der Waals surface area contributed by atoms with E-state index in [0.717, 1.165) is 17.7 Å². The molecule has 0 bridgehead atoms. The van der Waals surface area contributed by atoms with Crippen molar-refractivity contribution in [3.8, 4) is 0 Å². The van der Waals surface area contributed by atoms with Gasteiger partial charge in [-0.2, -0.15) is 0 Å². The van der Waals surface area contributed by atoms with E-state index in [-0.39, 0.29) is 12.5 Å². The number of aliphatic hydroxyl groups is 1. The van der Waals surface area contributed by atoms with E-state index in [0.29, 0.717) is 19.6 Å². The third-order valence-electron chi connectivity index (χ3n) is 2.24. The number of rotatable bonds is 7. The Hall–Kier alpha value is -1.39. The van der Waals surface area contributed by atoms with Crippen LogP contribution in [0, 0.1) is 0 Å². The molecule has 0 saturated heterocycles. The Bertz CT molecular complexity index is 335. The van der Waals surface area contributed by atoms with Crippen molar-refractivity contribution < 1.29 is 14.6 Å². The number of carbonyl (C=O) groups is 1. The molecule has 0 fully saturated rings. The highest BCUT2D eigenvalue weighted by molar-refractivity contribution is 5.90. The number of aliphatic hydroxyl groups excluding tert-OH is 1. The van der Waals surface area contributed by atoms with Gasteiger partial charge in [-0.3, -0.25) is 4.79 Å². The van der Waals surface area contributed by atoms with Crippen molar-refractivity contribution in [3.05, 3.63) is 29.8 Å². The molecule has 1 aromatic rings. The third-order valence-corrected chi connectivity index (χ3v) is 2.24. The largest absolute Gasteiger partial charge is 0.392 e. The van der Waals surface area contributed by atoms with Gasteiger partial charge >= 0.3 is 0 Å². The number of hydrogen-bond donors (Lipinski definition) is 2. The minimum absolute atomic E-state index is 0.0130. The first-order chi connectivity index (χ1) is 8.26. The Morgan fingerprint density at radius 2 is 2.00 bits per heavy atom. The minimum atomic E-state index is -0.0575. The van der Waals surface area contributed by atoms with E-state index in [1.807, 2.05) is 6.92 Å². The third kappa shape index (κ3) is 5.47. The summed E-state index contributed by atoms with van der Waals surface area (Å²) >= 11 is 0. The molecule has 0 unspecified atom stereocenters. The van der Waals surface area contributed by atoms with Gasteiger partial charge in [-0.15, -0.1) is 0 Å². The second-order valence-electron chi connectivity index (χ2n) is 3.77. The number of hydrogen-bond acceptors (Lipinski definition) is 3. The molecule has 1 aromatic carbocycles. The van der Waals surface area contributed by atoms with Crippen LogP contribution < -0.4 is 5.32 Å². The van der Waals surface area contributed by atoms with Crippen LogP contribution in [-0.2, 0) is 16.1 Å². The van der Waals surface area contributed by atoms with Crippen molar-refractivity contribution in [2.24, 2.45) is 0 Å². The van der Waals surface area contributed by atoms with Crippen LogP contribution in [0.2, 0.25) is 0 Å². The summed E-state index contributed by atoms with van der Waals surface area (Å²) in [7, 11) is 0. The summed E-state index contributed by atoms with van der Waals surface area (Å²) in [6, 6.07) is 7.11. The van der Waals surface area contributed by atoms with Gasteiger partial charge in [0.2, 0.25) is 5.91 Å². The predicted octanol–water partition coefficient (Wildman–Crippen LogP) is 1.93. The molecule has 1 amide bonds. The van der Waals surface area contributed by atoms with Gasteiger partial charge in [0.15, 0.2) is 0 Å². The molecule has 0 spiro atoms. The fourth-order valence-electron chi connectivity index (χ4n) is 1.33. The molecule has 2 N–H and O–H groups in total. The van der Waals surface area contributed by atoms with Gasteiger partial charge in [0.25, 0.3) is 0 Å². The highest BCUT2D eigenvalue weighted by Gasteiger charge is 2.02. The van der Waals surface area contributed by atoms with Crippen molar-refractivity contribution in [3.63, 3.8) is 0 Å². The van der Waals surface area contributed by atoms with Crippen molar-refractivity contribution in [2.45, 2.75) is 26.4 Å². The lowest BCUT2D eigenvalue weighted by Crippen LogP contribution is -2.14. The van der Waals surface area contributed by atoms with Crippen LogP contribution in [0.1, 0.15) is 25.3 Å². The number of anilines is 1. The second kappa shape index (κ2) is 7.81. The van der Waals surface area contributed by atoms with Crippen molar-refractivity contribution in [2.75, 3.05) is 18.5 Å². The quantitative estimate of drug-likeness (QED) is 0.712. The molecule has 94 valence electrons. The van der Waals surface area contributed by atoms with E-state index in [1.54, 1.807) is 24.3 Å². The normalized spacial score (nSPS) is 10.2. The maximum atomic E-state index is 11.5. The van der Waals surface area contributed by atoms with Gasteiger partial charge in [-0.25, -0.2) is 0 Å². The highest BCUT2D eigenvalue weighted by atomic mass is 16.5. The lowest BCUT2D eigenvalue weighted by molar-refractivity contribution is -0.117. The van der Waals surface area contributed by atoms with E-state index >= 15 is 0 Å². The maximum Gasteiger partial charge on any atom is 0.226 e. The van der Waals surface area contributed by atoms with Gasteiger partial charge in [0.05, 0.1) is 19.6 Å². The Morgan fingerprint density at radius 1 is 1.29 bits per heavy atom. The molecule has 0 radical (unpaired) electrons. The first-order valence-corrected chi connectivity index (χ1v) is 5.83. The predicted molar refractivity (Wildman–Crippen MR) is 66.7 cm³/mol. The van der Waals surface area contributed by atoms with Gasteiger partial charge in [0.1, 0.15) is 0 Å². The monoisotopic (exact) mass is 237 g/mol. The summed E-state index contributed by atoms with van der Waals surface area (Å²) in [5.41, 5.74) is 1.57. The fourth-order valence-corrected chi connectivity index (χ4v) is 1.33. The molecule has 0 aliphatic carbocycles. The first-order valence-electron chi connectivity index (χ1n) is 5.83. The summed E-state index contributed by atoms with van der Waals surface area (Å²) in [5.74, 6) is -0.0575. The fraction of sp³-hybridized carbons (Fsp3) is 0.462. The van der Waals surface area contributed by atoms with Crippen LogP contribution in [0.5, 0.6) is 0 Å². The molecule has 17 heavy (non-hydrogen) atoms. The van der Waals surface area contributed by atoms with Crippen LogP contribution in [0.3, 0.4) is 0 Å². The lowest BCUT2D eigenvalue weighted by Gasteiger charge is -2.06. The van der Waals surface area contributed by atoms with E-state index in [1.165, 1.54) is 0 Å². The Morgan fingerprint density at radius 3 is 2.59 bits per heavy atom. The molecule has 1 rings (SSSR count). The zero-order valence-electron chi connectivity index (χ0n) is 10.1. The SMILES string of the molecule is CCCOCCC(=O)Nc1ccc(CO)cc1. The Balaban J connectivity index is 2.29. The molecule has 0 saturated carbocycles. The number of nitrogens with one attached hydrogen (secondary N) is 1. The molecule has 0 aliphatic rings. The number of benzene rings is 1. The summed E-state index contributed by atoms with van der Waals surface area (Å²) in [4.78, 5) is 11.5. The topological polar surface area (TPSA) is 58.6 Å². The zero-order chi connectivity index (χ0) is 12.5. The van der Waals surface area contributed by atoms with E-state index in [4.69, 9.17) is 9.84 Å². The van der Waals surface area contributed by atoms with Crippen LogP contribution in [-0.4, -0.2) is 24.2 Å². The Kier molecular flexibility index (Phi) is 6.29. The summed E-state index contributed by atoms with van der Waals surface area (Å²) in [6.07, 6.45) is 1.33. The standard InChI is InChI=1S/C13H19NO3/c1-2-8-17-9-7-13(16)14-12-5-3-11(10-15)4-6-12/h3-6,15H,2,7-10H2,1H3,(H,14,16).